The van der Waals surface area contributed by atoms with Crippen molar-refractivity contribution >= 4 is 23.2 Å². The highest BCUT2D eigenvalue weighted by atomic mass is 32.1. The van der Waals surface area contributed by atoms with Crippen LogP contribution in [-0.4, -0.2) is 17.6 Å². The zero-order valence-electron chi connectivity index (χ0n) is 12.9. The first kappa shape index (κ1) is 17.6. The molecule has 0 unspecified atom stereocenters. The second kappa shape index (κ2) is 11.3. The molecule has 1 amide bonds. The molecule has 0 aliphatic rings. The summed E-state index contributed by atoms with van der Waals surface area (Å²) in [7, 11) is 0. The van der Waals surface area contributed by atoms with Crippen LogP contribution in [0.3, 0.4) is 0 Å². The van der Waals surface area contributed by atoms with Gasteiger partial charge >= 0.3 is 0 Å². The van der Waals surface area contributed by atoms with Crippen LogP contribution in [0.5, 0.6) is 0 Å². The SMILES string of the molecule is CCCCCCCC(=O)NC(=S)NCCc1ccccc1. The molecule has 0 saturated heterocycles. The van der Waals surface area contributed by atoms with E-state index >= 15 is 0 Å². The maximum Gasteiger partial charge on any atom is 0.226 e. The summed E-state index contributed by atoms with van der Waals surface area (Å²) in [5, 5.41) is 6.25. The van der Waals surface area contributed by atoms with E-state index in [0.29, 0.717) is 11.5 Å². The van der Waals surface area contributed by atoms with Crippen LogP contribution in [0.15, 0.2) is 30.3 Å². The summed E-state index contributed by atoms with van der Waals surface area (Å²) in [6.45, 7) is 2.92. The van der Waals surface area contributed by atoms with Gasteiger partial charge in [-0.1, -0.05) is 62.9 Å². The Morgan fingerprint density at radius 3 is 2.52 bits per heavy atom. The van der Waals surface area contributed by atoms with Crippen LogP contribution in [0.25, 0.3) is 0 Å². The molecule has 0 aliphatic heterocycles. The molecule has 0 atom stereocenters. The molecule has 0 heterocycles. The molecule has 0 fully saturated rings. The summed E-state index contributed by atoms with van der Waals surface area (Å²) in [5.74, 6) is 0.0173. The number of benzene rings is 1. The van der Waals surface area contributed by atoms with Crippen molar-refractivity contribution < 1.29 is 4.79 Å². The number of unbranched alkanes of at least 4 members (excludes halogenated alkanes) is 4. The van der Waals surface area contributed by atoms with Gasteiger partial charge in [-0.05, 0) is 30.6 Å². The predicted molar refractivity (Wildman–Crippen MR) is 92.3 cm³/mol. The molecule has 0 spiro atoms. The highest BCUT2D eigenvalue weighted by Crippen LogP contribution is 2.04. The van der Waals surface area contributed by atoms with Crippen molar-refractivity contribution in [3.8, 4) is 0 Å². The van der Waals surface area contributed by atoms with E-state index in [4.69, 9.17) is 12.2 Å². The lowest BCUT2D eigenvalue weighted by molar-refractivity contribution is -0.119. The quantitative estimate of drug-likeness (QED) is 0.541. The van der Waals surface area contributed by atoms with Gasteiger partial charge in [-0.2, -0.15) is 0 Å². The third-order valence-electron chi connectivity index (χ3n) is 3.30. The zero-order chi connectivity index (χ0) is 15.3. The summed E-state index contributed by atoms with van der Waals surface area (Å²) in [5.41, 5.74) is 1.26. The van der Waals surface area contributed by atoms with E-state index < -0.39 is 0 Å². The Labute approximate surface area is 133 Å². The molecule has 1 aromatic rings. The van der Waals surface area contributed by atoms with Crippen LogP contribution in [0.1, 0.15) is 51.0 Å². The van der Waals surface area contributed by atoms with Gasteiger partial charge in [0.1, 0.15) is 0 Å². The van der Waals surface area contributed by atoms with E-state index in [0.717, 1.165) is 25.8 Å². The second-order valence-corrected chi connectivity index (χ2v) is 5.61. The summed E-state index contributed by atoms with van der Waals surface area (Å²) in [6, 6.07) is 10.2. The van der Waals surface area contributed by atoms with Gasteiger partial charge in [0.2, 0.25) is 5.91 Å². The number of thiocarbonyl (C=S) groups is 1. The number of hydrogen-bond donors (Lipinski definition) is 2. The number of amides is 1. The molecule has 0 aliphatic carbocycles. The molecule has 0 radical (unpaired) electrons. The Hall–Kier alpha value is -1.42. The molecule has 1 aromatic carbocycles. The Kier molecular flexibility index (Phi) is 9.46. The molecule has 21 heavy (non-hydrogen) atoms. The van der Waals surface area contributed by atoms with Crippen molar-refractivity contribution in [1.82, 2.24) is 10.6 Å². The molecule has 0 saturated carbocycles. The van der Waals surface area contributed by atoms with Gasteiger partial charge in [-0.3, -0.25) is 4.79 Å². The Balaban J connectivity index is 2.06. The van der Waals surface area contributed by atoms with E-state index in [2.05, 4.69) is 29.7 Å². The predicted octanol–water partition coefficient (Wildman–Crippen LogP) is 3.58. The summed E-state index contributed by atoms with van der Waals surface area (Å²) < 4.78 is 0. The van der Waals surface area contributed by atoms with Gasteiger partial charge in [-0.25, -0.2) is 0 Å². The molecule has 1 rings (SSSR count). The smallest absolute Gasteiger partial charge is 0.226 e. The van der Waals surface area contributed by atoms with E-state index in [1.807, 2.05) is 18.2 Å². The fourth-order valence-corrected chi connectivity index (χ4v) is 2.30. The van der Waals surface area contributed by atoms with Crippen LogP contribution in [-0.2, 0) is 11.2 Å². The molecule has 0 bridgehead atoms. The minimum absolute atomic E-state index is 0.0173. The topological polar surface area (TPSA) is 41.1 Å². The van der Waals surface area contributed by atoms with Crippen LogP contribution in [0, 0.1) is 0 Å². The van der Waals surface area contributed by atoms with Crippen molar-refractivity contribution in [3.05, 3.63) is 35.9 Å². The number of hydrogen-bond acceptors (Lipinski definition) is 2. The minimum Gasteiger partial charge on any atom is -0.362 e. The number of carbonyl (C=O) groups excluding carboxylic acids is 1. The first-order valence-electron chi connectivity index (χ1n) is 7.84. The minimum atomic E-state index is 0.0173. The Morgan fingerprint density at radius 1 is 1.10 bits per heavy atom. The molecule has 2 N–H and O–H groups in total. The summed E-state index contributed by atoms with van der Waals surface area (Å²) >= 11 is 5.12. The monoisotopic (exact) mass is 306 g/mol. The fourth-order valence-electron chi connectivity index (χ4n) is 2.09. The lowest BCUT2D eigenvalue weighted by atomic mass is 10.1. The van der Waals surface area contributed by atoms with Crippen LogP contribution in [0.4, 0.5) is 0 Å². The molecular weight excluding hydrogens is 280 g/mol. The van der Waals surface area contributed by atoms with Crippen molar-refractivity contribution in [2.24, 2.45) is 0 Å². The van der Waals surface area contributed by atoms with Crippen LogP contribution < -0.4 is 10.6 Å². The van der Waals surface area contributed by atoms with Crippen LogP contribution >= 0.6 is 12.2 Å². The third-order valence-corrected chi connectivity index (χ3v) is 3.55. The largest absolute Gasteiger partial charge is 0.362 e. The van der Waals surface area contributed by atoms with Gasteiger partial charge in [0.25, 0.3) is 0 Å². The zero-order valence-corrected chi connectivity index (χ0v) is 13.7. The highest BCUT2D eigenvalue weighted by Gasteiger charge is 2.03. The standard InChI is InChI=1S/C17H26N2OS/c1-2-3-4-5-9-12-16(20)19-17(21)18-14-13-15-10-7-6-8-11-15/h6-8,10-11H,2-5,9,12-14H2,1H3,(H2,18,19,20,21). The Bertz CT molecular complexity index is 420. The van der Waals surface area contributed by atoms with E-state index in [1.54, 1.807) is 0 Å². The first-order valence-corrected chi connectivity index (χ1v) is 8.24. The molecular formula is C17H26N2OS. The first-order chi connectivity index (χ1) is 10.2. The second-order valence-electron chi connectivity index (χ2n) is 5.20. The van der Waals surface area contributed by atoms with E-state index in [9.17, 15) is 4.79 Å². The highest BCUT2D eigenvalue weighted by molar-refractivity contribution is 7.80. The molecule has 0 aromatic heterocycles. The lowest BCUT2D eigenvalue weighted by Crippen LogP contribution is -2.39. The number of carbonyl (C=O) groups is 1. The van der Waals surface area contributed by atoms with Gasteiger partial charge in [0, 0.05) is 13.0 Å². The van der Waals surface area contributed by atoms with Crippen molar-refractivity contribution in [3.63, 3.8) is 0 Å². The lowest BCUT2D eigenvalue weighted by Gasteiger charge is -2.09. The Morgan fingerprint density at radius 2 is 1.81 bits per heavy atom. The van der Waals surface area contributed by atoms with Gasteiger partial charge < -0.3 is 10.6 Å². The number of nitrogens with one attached hydrogen (secondary N) is 2. The van der Waals surface area contributed by atoms with Gasteiger partial charge in [-0.15, -0.1) is 0 Å². The van der Waals surface area contributed by atoms with Crippen molar-refractivity contribution in [2.45, 2.75) is 51.9 Å². The van der Waals surface area contributed by atoms with Gasteiger partial charge in [0.15, 0.2) is 5.11 Å². The van der Waals surface area contributed by atoms with Crippen molar-refractivity contribution in [2.75, 3.05) is 6.54 Å². The maximum absolute atomic E-state index is 11.7. The summed E-state index contributed by atoms with van der Waals surface area (Å²) in [6.07, 6.45) is 7.21. The van der Waals surface area contributed by atoms with Crippen molar-refractivity contribution in [1.29, 1.82) is 0 Å². The van der Waals surface area contributed by atoms with Gasteiger partial charge in [0.05, 0.1) is 0 Å². The molecule has 116 valence electrons. The average molecular weight is 306 g/mol. The normalized spacial score (nSPS) is 10.1. The third kappa shape index (κ3) is 9.19. The molecule has 3 nitrogen and oxygen atoms in total. The number of rotatable bonds is 9. The fraction of sp³-hybridized carbons (Fsp3) is 0.529. The average Bonchev–Trinajstić information content (AvgIpc) is 2.48. The van der Waals surface area contributed by atoms with E-state index in [-0.39, 0.29) is 5.91 Å². The van der Waals surface area contributed by atoms with Crippen LogP contribution in [0.2, 0.25) is 0 Å². The van der Waals surface area contributed by atoms with E-state index in [1.165, 1.54) is 24.8 Å². The maximum atomic E-state index is 11.7. The molecule has 4 heteroatoms. The summed E-state index contributed by atoms with van der Waals surface area (Å²) in [4.78, 5) is 11.7.